The van der Waals surface area contributed by atoms with Gasteiger partial charge in [0.2, 0.25) is 5.91 Å². The highest BCUT2D eigenvalue weighted by atomic mass is 16.7. The molecule has 0 radical (unpaired) electrons. The Morgan fingerprint density at radius 1 is 0.848 bits per heavy atom. The van der Waals surface area contributed by atoms with Crippen LogP contribution in [0.5, 0.6) is 0 Å². The number of carbonyl (C=O) groups is 1. The van der Waals surface area contributed by atoms with E-state index < -0.39 is 74.6 Å². The Hall–Kier alpha value is -0.970. The lowest BCUT2D eigenvalue weighted by Crippen LogP contribution is -2.64. The van der Waals surface area contributed by atoms with Crippen molar-refractivity contribution < 1.29 is 59.5 Å². The van der Waals surface area contributed by atoms with Gasteiger partial charge < -0.3 is 60.0 Å². The minimum atomic E-state index is -1.74. The predicted molar refractivity (Wildman–Crippen MR) is 109 cm³/mol. The Morgan fingerprint density at radius 3 is 2.00 bits per heavy atom. The first-order valence-corrected chi connectivity index (χ1v) is 10.9. The topological polar surface area (TPSA) is 208 Å². The molecule has 2 aliphatic heterocycles. The quantitative estimate of drug-likeness (QED) is 0.148. The van der Waals surface area contributed by atoms with Crippen LogP contribution in [0.2, 0.25) is 0 Å². The van der Waals surface area contributed by atoms with Crippen LogP contribution in [0, 0.1) is 5.41 Å². The van der Waals surface area contributed by atoms with E-state index in [-0.39, 0.29) is 24.5 Å². The largest absolute Gasteiger partial charge is 0.394 e. The lowest BCUT2D eigenvalue weighted by atomic mass is 9.92. The lowest BCUT2D eigenvalue weighted by Gasteiger charge is -2.45. The molecular formula is C20H37NO12. The molecule has 13 heteroatoms. The number of nitrogens with one attached hydrogen (secondary N) is 1. The zero-order valence-electron chi connectivity index (χ0n) is 19.0. The Kier molecular flexibility index (Phi) is 10.4. The molecule has 2 aliphatic rings. The third-order valence-electron chi connectivity index (χ3n) is 5.36. The first-order valence-electron chi connectivity index (χ1n) is 10.9. The van der Waals surface area contributed by atoms with E-state index in [2.05, 4.69) is 5.32 Å². The van der Waals surface area contributed by atoms with Gasteiger partial charge >= 0.3 is 0 Å². The number of rotatable bonds is 9. The van der Waals surface area contributed by atoms with Crippen LogP contribution in [-0.2, 0) is 23.7 Å². The summed E-state index contributed by atoms with van der Waals surface area (Å²) in [6.45, 7) is 4.53. The van der Waals surface area contributed by atoms with E-state index >= 15 is 0 Å². The van der Waals surface area contributed by atoms with Crippen molar-refractivity contribution in [3.63, 3.8) is 0 Å². The number of aliphatic hydroxyl groups excluding tert-OH is 7. The highest BCUT2D eigenvalue weighted by molar-refractivity contribution is 5.76. The molecule has 0 spiro atoms. The first-order chi connectivity index (χ1) is 15.4. The maximum atomic E-state index is 11.9. The summed E-state index contributed by atoms with van der Waals surface area (Å²) in [6, 6.07) is 0. The van der Waals surface area contributed by atoms with E-state index in [1.165, 1.54) is 0 Å². The molecule has 2 heterocycles. The second kappa shape index (κ2) is 12.1. The Labute approximate surface area is 191 Å². The molecule has 13 nitrogen and oxygen atoms in total. The predicted octanol–water partition coefficient (Wildman–Crippen LogP) is -3.82. The van der Waals surface area contributed by atoms with Crippen molar-refractivity contribution in [2.75, 3.05) is 26.4 Å². The van der Waals surface area contributed by atoms with Gasteiger partial charge in [-0.15, -0.1) is 0 Å². The number of hydrogen-bond acceptors (Lipinski definition) is 12. The fourth-order valence-corrected chi connectivity index (χ4v) is 3.60. The van der Waals surface area contributed by atoms with Crippen LogP contribution in [0.15, 0.2) is 0 Å². The molecule has 33 heavy (non-hydrogen) atoms. The van der Waals surface area contributed by atoms with E-state index in [0.717, 1.165) is 0 Å². The summed E-state index contributed by atoms with van der Waals surface area (Å²) in [7, 11) is 0. The summed E-state index contributed by atoms with van der Waals surface area (Å²) < 4.78 is 21.6. The molecule has 10 atom stereocenters. The van der Waals surface area contributed by atoms with E-state index in [1.54, 1.807) is 0 Å². The Morgan fingerprint density at radius 2 is 1.42 bits per heavy atom. The second-order valence-corrected chi connectivity index (χ2v) is 9.46. The van der Waals surface area contributed by atoms with Crippen LogP contribution in [0.4, 0.5) is 0 Å². The van der Waals surface area contributed by atoms with Gasteiger partial charge in [0, 0.05) is 13.0 Å². The zero-order chi connectivity index (χ0) is 24.9. The van der Waals surface area contributed by atoms with Gasteiger partial charge in [0.1, 0.15) is 48.8 Å². The van der Waals surface area contributed by atoms with Crippen LogP contribution < -0.4 is 5.32 Å². The molecule has 194 valence electrons. The third-order valence-corrected chi connectivity index (χ3v) is 5.36. The van der Waals surface area contributed by atoms with Gasteiger partial charge in [-0.25, -0.2) is 0 Å². The minimum absolute atomic E-state index is 0.0410. The number of hydrogen-bond donors (Lipinski definition) is 8. The summed E-state index contributed by atoms with van der Waals surface area (Å²) in [5.41, 5.74) is -0.179. The fourth-order valence-electron chi connectivity index (χ4n) is 3.60. The van der Waals surface area contributed by atoms with E-state index in [9.17, 15) is 40.5 Å². The fraction of sp³-hybridized carbons (Fsp3) is 0.950. The van der Waals surface area contributed by atoms with Gasteiger partial charge in [0.05, 0.1) is 19.8 Å². The summed E-state index contributed by atoms with van der Waals surface area (Å²) >= 11 is 0. The van der Waals surface area contributed by atoms with Gasteiger partial charge in [-0.3, -0.25) is 4.79 Å². The number of carbonyl (C=O) groups excluding carboxylic acids is 1. The summed E-state index contributed by atoms with van der Waals surface area (Å²) in [4.78, 5) is 11.9. The molecule has 0 aliphatic carbocycles. The first kappa shape index (κ1) is 28.3. The number of aliphatic hydroxyl groups is 7. The van der Waals surface area contributed by atoms with Gasteiger partial charge in [-0.1, -0.05) is 20.8 Å². The zero-order valence-corrected chi connectivity index (χ0v) is 19.0. The lowest BCUT2D eigenvalue weighted by molar-refractivity contribution is -0.359. The average Bonchev–Trinajstić information content (AvgIpc) is 2.74. The Bertz CT molecular complexity index is 612. The van der Waals surface area contributed by atoms with Gasteiger partial charge in [-0.2, -0.15) is 0 Å². The maximum Gasteiger partial charge on any atom is 0.220 e. The maximum absolute atomic E-state index is 11.9. The molecule has 0 saturated carbocycles. The molecule has 0 aromatic heterocycles. The summed E-state index contributed by atoms with van der Waals surface area (Å²) in [6.07, 6.45) is -14.8. The molecule has 6 unspecified atom stereocenters. The van der Waals surface area contributed by atoms with Crippen molar-refractivity contribution in [2.45, 2.75) is 88.6 Å². The van der Waals surface area contributed by atoms with Gasteiger partial charge in [0.15, 0.2) is 12.6 Å². The van der Waals surface area contributed by atoms with Crippen molar-refractivity contribution >= 4 is 5.91 Å². The number of amides is 1. The molecular weight excluding hydrogens is 446 g/mol. The van der Waals surface area contributed by atoms with Crippen molar-refractivity contribution in [3.8, 4) is 0 Å². The minimum Gasteiger partial charge on any atom is -0.394 e. The van der Waals surface area contributed by atoms with Crippen molar-refractivity contribution in [1.82, 2.24) is 5.32 Å². The van der Waals surface area contributed by atoms with Crippen molar-refractivity contribution in [3.05, 3.63) is 0 Å². The van der Waals surface area contributed by atoms with Crippen LogP contribution >= 0.6 is 0 Å². The molecule has 2 saturated heterocycles. The molecule has 2 fully saturated rings. The van der Waals surface area contributed by atoms with E-state index in [0.29, 0.717) is 6.42 Å². The van der Waals surface area contributed by atoms with Crippen LogP contribution in [0.1, 0.15) is 27.2 Å². The van der Waals surface area contributed by atoms with Crippen LogP contribution in [-0.4, -0.2) is 129 Å². The molecule has 0 bridgehead atoms. The van der Waals surface area contributed by atoms with E-state index in [1.807, 2.05) is 20.8 Å². The summed E-state index contributed by atoms with van der Waals surface area (Å²) in [5, 5.41) is 72.4. The standard InChI is InChI=1S/C20H37NO12/c1-20(2,3)6-11(24)21-4-5-30-18-16(29)14(27)17(10(8-23)32-18)33-19-15(28)13(26)12(25)9(7-22)31-19/h9-10,12-19,22-23,25-29H,4-8H2,1-3H3,(H,21,24)/t9?,10?,12-,13?,14?,15-,16-,17+,18?,19?/m0/s1. The summed E-state index contributed by atoms with van der Waals surface area (Å²) in [5.74, 6) is -0.169. The highest BCUT2D eigenvalue weighted by Crippen LogP contribution is 2.29. The van der Waals surface area contributed by atoms with Crippen LogP contribution in [0.3, 0.4) is 0 Å². The van der Waals surface area contributed by atoms with Gasteiger partial charge in [-0.05, 0) is 5.41 Å². The SMILES string of the molecule is CC(C)(C)CC(=O)NCCOC1OC(CO)[C@@H](OC2OC(CO)[C@H](O)C(O)[C@@H]2O)C(O)[C@@H]1O. The second-order valence-electron chi connectivity index (χ2n) is 9.46. The van der Waals surface area contributed by atoms with Gasteiger partial charge in [0.25, 0.3) is 0 Å². The molecule has 1 amide bonds. The average molecular weight is 484 g/mol. The van der Waals surface area contributed by atoms with Crippen molar-refractivity contribution in [2.24, 2.45) is 5.41 Å². The molecule has 8 N–H and O–H groups in total. The molecule has 0 aromatic carbocycles. The number of ether oxygens (including phenoxy) is 4. The highest BCUT2D eigenvalue weighted by Gasteiger charge is 2.50. The Balaban J connectivity index is 1.92. The van der Waals surface area contributed by atoms with E-state index in [4.69, 9.17) is 18.9 Å². The van der Waals surface area contributed by atoms with Crippen LogP contribution in [0.25, 0.3) is 0 Å². The van der Waals surface area contributed by atoms with Crippen molar-refractivity contribution in [1.29, 1.82) is 0 Å². The monoisotopic (exact) mass is 483 g/mol. The normalized spacial score (nSPS) is 39.9. The molecule has 0 aromatic rings. The third kappa shape index (κ3) is 7.50. The molecule has 2 rings (SSSR count). The smallest absolute Gasteiger partial charge is 0.220 e.